The van der Waals surface area contributed by atoms with Crippen molar-refractivity contribution in [1.82, 2.24) is 4.31 Å². The summed E-state index contributed by atoms with van der Waals surface area (Å²) in [6.07, 6.45) is 1.39. The Morgan fingerprint density at radius 1 is 1.37 bits per heavy atom. The Kier molecular flexibility index (Phi) is 3.34. The van der Waals surface area contributed by atoms with E-state index < -0.39 is 22.0 Å². The van der Waals surface area contributed by atoms with Crippen LogP contribution in [0.4, 0.5) is 0 Å². The Morgan fingerprint density at radius 2 is 2.05 bits per heavy atom. The molecule has 1 heterocycles. The van der Waals surface area contributed by atoms with Crippen LogP contribution >= 0.6 is 0 Å². The summed E-state index contributed by atoms with van der Waals surface area (Å²) in [5, 5.41) is 9.56. The van der Waals surface area contributed by atoms with Crippen LogP contribution in [0.5, 0.6) is 0 Å². The Morgan fingerprint density at radius 3 is 2.68 bits per heavy atom. The second-order valence-electron chi connectivity index (χ2n) is 4.13. The van der Waals surface area contributed by atoms with E-state index in [0.717, 1.165) is 4.31 Å². The van der Waals surface area contributed by atoms with E-state index in [2.05, 4.69) is 0 Å². The van der Waals surface area contributed by atoms with Gasteiger partial charge in [0.2, 0.25) is 10.0 Å². The van der Waals surface area contributed by atoms with Crippen LogP contribution in [0, 0.1) is 0 Å². The number of carboxylic acid groups (broad SMARTS) is 1. The maximum atomic E-state index is 12.4. The van der Waals surface area contributed by atoms with Crippen molar-refractivity contribution < 1.29 is 22.7 Å². The van der Waals surface area contributed by atoms with Gasteiger partial charge in [-0.2, -0.15) is 4.31 Å². The molecule has 1 atom stereocenters. The average Bonchev–Trinajstić information content (AvgIpc) is 2.84. The number of aliphatic carboxylic acids is 1. The lowest BCUT2D eigenvalue weighted by Gasteiger charge is -2.20. The topological polar surface area (TPSA) is 87.8 Å². The highest BCUT2D eigenvalue weighted by Crippen LogP contribution is 2.26. The molecule has 1 aromatic heterocycles. The molecule has 0 radical (unpaired) electrons. The molecule has 0 aliphatic carbocycles. The lowest BCUT2D eigenvalue weighted by atomic mass is 10.3. The highest BCUT2D eigenvalue weighted by Gasteiger charge is 2.31. The SMILES string of the molecule is CC(C(=O)O)N(C)S(=O)(=O)c1cccc2ccoc12. The van der Waals surface area contributed by atoms with Crippen molar-refractivity contribution in [3.63, 3.8) is 0 Å². The van der Waals surface area contributed by atoms with Gasteiger partial charge in [0.1, 0.15) is 10.9 Å². The van der Waals surface area contributed by atoms with Crippen molar-refractivity contribution in [2.45, 2.75) is 17.9 Å². The molecule has 2 aromatic rings. The third-order valence-corrected chi connectivity index (χ3v) is 4.95. The van der Waals surface area contributed by atoms with Gasteiger partial charge < -0.3 is 9.52 Å². The Balaban J connectivity index is 2.56. The largest absolute Gasteiger partial charge is 0.480 e. The van der Waals surface area contributed by atoms with Gasteiger partial charge in [-0.3, -0.25) is 4.79 Å². The van der Waals surface area contributed by atoms with Crippen LogP contribution in [0.3, 0.4) is 0 Å². The summed E-state index contributed by atoms with van der Waals surface area (Å²) in [6, 6.07) is 5.19. The van der Waals surface area contributed by atoms with E-state index >= 15 is 0 Å². The first-order valence-electron chi connectivity index (χ1n) is 5.53. The van der Waals surface area contributed by atoms with Crippen LogP contribution in [0.1, 0.15) is 6.92 Å². The summed E-state index contributed by atoms with van der Waals surface area (Å²) in [5.41, 5.74) is 0.229. The predicted octanol–water partition coefficient (Wildman–Crippen LogP) is 1.53. The first kappa shape index (κ1) is 13.6. The number of rotatable bonds is 4. The van der Waals surface area contributed by atoms with E-state index in [4.69, 9.17) is 9.52 Å². The molecule has 6 nitrogen and oxygen atoms in total. The number of fused-ring (bicyclic) bond motifs is 1. The first-order valence-corrected chi connectivity index (χ1v) is 6.97. The molecule has 7 heteroatoms. The predicted molar refractivity (Wildman–Crippen MR) is 68.3 cm³/mol. The van der Waals surface area contributed by atoms with Gasteiger partial charge in [-0.1, -0.05) is 12.1 Å². The van der Waals surface area contributed by atoms with Crippen LogP contribution in [0.2, 0.25) is 0 Å². The second kappa shape index (κ2) is 4.67. The van der Waals surface area contributed by atoms with Crippen molar-refractivity contribution in [2.24, 2.45) is 0 Å². The molecule has 0 fully saturated rings. The number of para-hydroxylation sites is 1. The zero-order valence-electron chi connectivity index (χ0n) is 10.4. The molecule has 0 aliphatic rings. The molecule has 0 spiro atoms. The van der Waals surface area contributed by atoms with Crippen LogP contribution in [0.15, 0.2) is 39.8 Å². The minimum absolute atomic E-state index is 0.0365. The van der Waals surface area contributed by atoms with E-state index in [9.17, 15) is 13.2 Å². The van der Waals surface area contributed by atoms with Crippen LogP contribution < -0.4 is 0 Å². The highest BCUT2D eigenvalue weighted by molar-refractivity contribution is 7.89. The number of benzene rings is 1. The molecule has 0 amide bonds. The van der Waals surface area contributed by atoms with Gasteiger partial charge in [-0.05, 0) is 19.1 Å². The number of sulfonamides is 1. The van der Waals surface area contributed by atoms with E-state index in [1.165, 1.54) is 26.3 Å². The Bertz CT molecular complexity index is 719. The molecule has 102 valence electrons. The number of carboxylic acids is 1. The van der Waals surface area contributed by atoms with E-state index in [0.29, 0.717) is 5.39 Å². The Hall–Kier alpha value is -1.86. The minimum Gasteiger partial charge on any atom is -0.480 e. The summed E-state index contributed by atoms with van der Waals surface area (Å²) >= 11 is 0. The molecule has 0 bridgehead atoms. The summed E-state index contributed by atoms with van der Waals surface area (Å²) in [4.78, 5) is 10.9. The van der Waals surface area contributed by atoms with Gasteiger partial charge in [-0.15, -0.1) is 0 Å². The fourth-order valence-electron chi connectivity index (χ4n) is 1.69. The van der Waals surface area contributed by atoms with Gasteiger partial charge in [0.25, 0.3) is 0 Å². The first-order chi connectivity index (χ1) is 8.85. The molecule has 1 aromatic carbocycles. The number of hydrogen-bond acceptors (Lipinski definition) is 4. The van der Waals surface area contributed by atoms with Gasteiger partial charge in [0.15, 0.2) is 5.58 Å². The fraction of sp³-hybridized carbons (Fsp3) is 0.250. The lowest BCUT2D eigenvalue weighted by molar-refractivity contribution is -0.140. The normalized spacial score (nSPS) is 13.8. The Labute approximate surface area is 110 Å². The van der Waals surface area contributed by atoms with Crippen LogP contribution in [-0.2, 0) is 14.8 Å². The highest BCUT2D eigenvalue weighted by atomic mass is 32.2. The second-order valence-corrected chi connectivity index (χ2v) is 6.10. The standard InChI is InChI=1S/C12H13NO5S/c1-8(12(14)15)13(2)19(16,17)10-5-3-4-9-6-7-18-11(9)10/h3-8H,1-2H3,(H,14,15). The number of nitrogens with zero attached hydrogens (tertiary/aromatic N) is 1. The number of likely N-dealkylation sites (N-methyl/N-ethyl adjacent to an activating group) is 1. The molecule has 0 aliphatic heterocycles. The summed E-state index contributed by atoms with van der Waals surface area (Å²) in [6.45, 7) is 1.31. The van der Waals surface area contributed by atoms with E-state index in [1.54, 1.807) is 18.2 Å². The maximum Gasteiger partial charge on any atom is 0.321 e. The van der Waals surface area contributed by atoms with Crippen molar-refractivity contribution in [1.29, 1.82) is 0 Å². The molecular weight excluding hydrogens is 270 g/mol. The third kappa shape index (κ3) is 2.22. The van der Waals surface area contributed by atoms with Crippen molar-refractivity contribution in [3.05, 3.63) is 30.5 Å². The molecule has 0 saturated carbocycles. The molecule has 1 N–H and O–H groups in total. The van der Waals surface area contributed by atoms with Gasteiger partial charge >= 0.3 is 5.97 Å². The van der Waals surface area contributed by atoms with E-state index in [1.807, 2.05) is 0 Å². The molecule has 1 unspecified atom stereocenters. The van der Waals surface area contributed by atoms with Crippen LogP contribution in [-0.4, -0.2) is 36.9 Å². The average molecular weight is 283 g/mol. The number of furan rings is 1. The maximum absolute atomic E-state index is 12.4. The monoisotopic (exact) mass is 283 g/mol. The third-order valence-electron chi connectivity index (χ3n) is 3.00. The van der Waals surface area contributed by atoms with Crippen molar-refractivity contribution >= 4 is 27.0 Å². The molecular formula is C12H13NO5S. The van der Waals surface area contributed by atoms with Gasteiger partial charge in [0.05, 0.1) is 6.26 Å². The molecule has 2 rings (SSSR count). The summed E-state index contributed by atoms with van der Waals surface area (Å²) in [7, 11) is -2.69. The number of carbonyl (C=O) groups is 1. The zero-order chi connectivity index (χ0) is 14.2. The lowest BCUT2D eigenvalue weighted by Crippen LogP contribution is -2.40. The summed E-state index contributed by atoms with van der Waals surface area (Å²) < 4.78 is 30.8. The molecule has 19 heavy (non-hydrogen) atoms. The number of hydrogen-bond donors (Lipinski definition) is 1. The fourth-order valence-corrected chi connectivity index (χ4v) is 3.16. The van der Waals surface area contributed by atoms with Crippen molar-refractivity contribution in [2.75, 3.05) is 7.05 Å². The van der Waals surface area contributed by atoms with E-state index in [-0.39, 0.29) is 10.5 Å². The van der Waals surface area contributed by atoms with Gasteiger partial charge in [-0.25, -0.2) is 8.42 Å². The van der Waals surface area contributed by atoms with Crippen LogP contribution in [0.25, 0.3) is 11.0 Å². The quantitative estimate of drug-likeness (QED) is 0.919. The smallest absolute Gasteiger partial charge is 0.321 e. The minimum atomic E-state index is -3.92. The summed E-state index contributed by atoms with van der Waals surface area (Å²) in [5.74, 6) is -1.21. The van der Waals surface area contributed by atoms with Gasteiger partial charge in [0, 0.05) is 12.4 Å². The zero-order valence-corrected chi connectivity index (χ0v) is 11.2. The molecule has 0 saturated heterocycles. The van der Waals surface area contributed by atoms with Crippen molar-refractivity contribution in [3.8, 4) is 0 Å².